The molecule has 2 nitrogen and oxygen atoms in total. The summed E-state index contributed by atoms with van der Waals surface area (Å²) in [6.07, 6.45) is 9.86. The van der Waals surface area contributed by atoms with E-state index in [1.807, 2.05) is 6.07 Å². The Morgan fingerprint density at radius 3 is 2.20 bits per heavy atom. The van der Waals surface area contributed by atoms with E-state index in [4.69, 9.17) is 9.47 Å². The summed E-state index contributed by atoms with van der Waals surface area (Å²) in [4.78, 5) is 0. The van der Waals surface area contributed by atoms with Gasteiger partial charge in [0.15, 0.2) is 6.29 Å². The minimum Gasteiger partial charge on any atom is -0.350 e. The van der Waals surface area contributed by atoms with Crippen molar-refractivity contribution in [3.63, 3.8) is 0 Å². The van der Waals surface area contributed by atoms with E-state index < -0.39 is 17.9 Å². The van der Waals surface area contributed by atoms with Gasteiger partial charge in [-0.2, -0.15) is 0 Å². The summed E-state index contributed by atoms with van der Waals surface area (Å²) in [7, 11) is 0. The van der Waals surface area contributed by atoms with Gasteiger partial charge in [0.05, 0.1) is 13.2 Å². The van der Waals surface area contributed by atoms with E-state index >= 15 is 0 Å². The SMILES string of the molecule is CC=CCC1CCC(C2COC(c3cc(F)[c-]c(F)c3)OC2)CC1.[Y]. The van der Waals surface area contributed by atoms with Gasteiger partial charge in [0.25, 0.3) is 0 Å². The van der Waals surface area contributed by atoms with Crippen LogP contribution in [0.5, 0.6) is 0 Å². The van der Waals surface area contributed by atoms with Crippen LogP contribution in [0.4, 0.5) is 8.78 Å². The molecule has 0 atom stereocenters. The molecule has 1 aliphatic heterocycles. The molecule has 0 spiro atoms. The van der Waals surface area contributed by atoms with Crippen molar-refractivity contribution >= 4 is 0 Å². The second-order valence-electron chi connectivity index (χ2n) is 6.95. The van der Waals surface area contributed by atoms with Crippen molar-refractivity contribution in [2.45, 2.75) is 45.3 Å². The van der Waals surface area contributed by atoms with Crippen molar-refractivity contribution in [3.05, 3.63) is 47.5 Å². The summed E-state index contributed by atoms with van der Waals surface area (Å²) in [5, 5.41) is 0. The number of allylic oxidation sites excluding steroid dienone is 2. The molecule has 1 radical (unpaired) electrons. The number of rotatable bonds is 4. The summed E-state index contributed by atoms with van der Waals surface area (Å²) in [6, 6.07) is 4.42. The number of halogens is 2. The van der Waals surface area contributed by atoms with E-state index in [2.05, 4.69) is 19.1 Å². The first-order chi connectivity index (χ1) is 11.7. The van der Waals surface area contributed by atoms with Crippen LogP contribution < -0.4 is 0 Å². The van der Waals surface area contributed by atoms with Crippen molar-refractivity contribution in [1.82, 2.24) is 0 Å². The van der Waals surface area contributed by atoms with Crippen LogP contribution in [0.3, 0.4) is 0 Å². The van der Waals surface area contributed by atoms with Gasteiger partial charge in [0, 0.05) is 50.3 Å². The molecule has 1 aromatic rings. The maximum Gasteiger partial charge on any atom is 0.162 e. The normalized spacial score (nSPS) is 30.2. The summed E-state index contributed by atoms with van der Waals surface area (Å²) in [5.41, 5.74) is 0.386. The Morgan fingerprint density at radius 1 is 1.04 bits per heavy atom. The zero-order chi connectivity index (χ0) is 16.9. The van der Waals surface area contributed by atoms with Crippen molar-refractivity contribution in [2.24, 2.45) is 17.8 Å². The van der Waals surface area contributed by atoms with E-state index in [-0.39, 0.29) is 32.7 Å². The van der Waals surface area contributed by atoms with Gasteiger partial charge in [-0.1, -0.05) is 17.7 Å². The molecular weight excluding hydrogens is 399 g/mol. The van der Waals surface area contributed by atoms with Crippen LogP contribution in [0.15, 0.2) is 24.3 Å². The van der Waals surface area contributed by atoms with Crippen LogP contribution in [0, 0.1) is 35.5 Å². The van der Waals surface area contributed by atoms with Crippen molar-refractivity contribution < 1.29 is 51.0 Å². The third-order valence-corrected chi connectivity index (χ3v) is 5.28. The molecule has 0 bridgehead atoms. The summed E-state index contributed by atoms with van der Waals surface area (Å²) >= 11 is 0. The van der Waals surface area contributed by atoms with Gasteiger partial charge < -0.3 is 9.47 Å². The maximum atomic E-state index is 13.3. The van der Waals surface area contributed by atoms with Crippen molar-refractivity contribution in [1.29, 1.82) is 0 Å². The monoisotopic (exact) mass is 424 g/mol. The Kier molecular flexibility index (Phi) is 8.67. The van der Waals surface area contributed by atoms with Crippen LogP contribution in [-0.4, -0.2) is 13.2 Å². The average Bonchev–Trinajstić information content (AvgIpc) is 2.60. The Morgan fingerprint density at radius 2 is 1.64 bits per heavy atom. The van der Waals surface area contributed by atoms with Gasteiger partial charge >= 0.3 is 0 Å². The predicted molar refractivity (Wildman–Crippen MR) is 88.2 cm³/mol. The maximum absolute atomic E-state index is 13.3. The van der Waals surface area contributed by atoms with Gasteiger partial charge in [-0.3, -0.25) is 0 Å². The molecule has 3 rings (SSSR count). The first-order valence-electron chi connectivity index (χ1n) is 8.88. The molecule has 2 fully saturated rings. The summed E-state index contributed by atoms with van der Waals surface area (Å²) in [5.74, 6) is 0.374. The zero-order valence-electron chi connectivity index (χ0n) is 14.7. The van der Waals surface area contributed by atoms with E-state index in [1.54, 1.807) is 0 Å². The van der Waals surface area contributed by atoms with Crippen LogP contribution in [0.25, 0.3) is 0 Å². The molecule has 0 N–H and O–H groups in total. The molecule has 0 unspecified atom stereocenters. The third-order valence-electron chi connectivity index (χ3n) is 5.28. The van der Waals surface area contributed by atoms with Crippen LogP contribution in [-0.2, 0) is 42.2 Å². The van der Waals surface area contributed by atoms with Gasteiger partial charge in [-0.05, 0) is 50.9 Å². The van der Waals surface area contributed by atoms with E-state index in [0.717, 1.165) is 5.92 Å². The quantitative estimate of drug-likeness (QED) is 0.489. The second kappa shape index (κ2) is 10.2. The number of benzene rings is 1. The molecule has 1 saturated heterocycles. The van der Waals surface area contributed by atoms with Crippen molar-refractivity contribution in [2.75, 3.05) is 13.2 Å². The largest absolute Gasteiger partial charge is 0.350 e. The number of ether oxygens (including phenoxy) is 2. The third kappa shape index (κ3) is 5.92. The fourth-order valence-corrected chi connectivity index (χ4v) is 3.86. The standard InChI is InChI=1S/C20H25F2O2.Y/c1-2-3-4-14-5-7-15(8-6-14)17-12-23-20(24-13-17)16-9-18(21)11-19(22)10-16;/h2-3,9-10,14-15,17,20H,4-8,12-13H2,1H3;/q-1;. The van der Waals surface area contributed by atoms with E-state index in [0.29, 0.717) is 30.6 Å². The number of hydrogen-bond acceptors (Lipinski definition) is 2. The number of hydrogen-bond donors (Lipinski definition) is 0. The Hall–Kier alpha value is -0.156. The minimum atomic E-state index is -0.723. The van der Waals surface area contributed by atoms with E-state index in [9.17, 15) is 8.78 Å². The Labute approximate surface area is 174 Å². The summed E-state index contributed by atoms with van der Waals surface area (Å²) < 4.78 is 38.0. The molecule has 1 aliphatic carbocycles. The smallest absolute Gasteiger partial charge is 0.162 e. The molecule has 0 amide bonds. The molecule has 1 aromatic carbocycles. The Balaban J connectivity index is 0.00000225. The van der Waals surface area contributed by atoms with Gasteiger partial charge in [0.1, 0.15) is 0 Å². The summed E-state index contributed by atoms with van der Waals surface area (Å²) in [6.45, 7) is 3.26. The van der Waals surface area contributed by atoms with E-state index in [1.165, 1.54) is 44.2 Å². The molecular formula is C20H25F2O2Y-. The first kappa shape index (κ1) is 21.1. The average molecular weight is 424 g/mol. The zero-order valence-corrected chi connectivity index (χ0v) is 17.6. The molecule has 135 valence electrons. The fourth-order valence-electron chi connectivity index (χ4n) is 3.86. The molecule has 5 heteroatoms. The van der Waals surface area contributed by atoms with Gasteiger partial charge in [-0.15, -0.1) is 18.2 Å². The molecule has 0 aromatic heterocycles. The molecule has 1 saturated carbocycles. The molecule has 1 heterocycles. The minimum absolute atomic E-state index is 0. The Bertz CT molecular complexity index is 543. The fraction of sp³-hybridized carbons (Fsp3) is 0.600. The topological polar surface area (TPSA) is 18.5 Å². The van der Waals surface area contributed by atoms with Gasteiger partial charge in [-0.25, -0.2) is 8.78 Å². The van der Waals surface area contributed by atoms with Crippen LogP contribution in [0.1, 0.15) is 50.9 Å². The predicted octanol–water partition coefficient (Wildman–Crippen LogP) is 5.20. The molecule has 2 aliphatic rings. The second-order valence-corrected chi connectivity index (χ2v) is 6.95. The van der Waals surface area contributed by atoms with Gasteiger partial charge in [0.2, 0.25) is 0 Å². The molecule has 25 heavy (non-hydrogen) atoms. The van der Waals surface area contributed by atoms with Crippen molar-refractivity contribution in [3.8, 4) is 0 Å². The van der Waals surface area contributed by atoms with Crippen LogP contribution >= 0.6 is 0 Å². The van der Waals surface area contributed by atoms with Crippen LogP contribution in [0.2, 0.25) is 0 Å². The first-order valence-corrected chi connectivity index (χ1v) is 8.88.